The largest absolute Gasteiger partial charge is 0.444 e. The van der Waals surface area contributed by atoms with Crippen LogP contribution >= 0.6 is 0 Å². The van der Waals surface area contributed by atoms with Crippen molar-refractivity contribution in [2.45, 2.75) is 19.4 Å². The van der Waals surface area contributed by atoms with Gasteiger partial charge in [-0.15, -0.1) is 0 Å². The second-order valence-electron chi connectivity index (χ2n) is 5.42. The van der Waals surface area contributed by atoms with Crippen molar-refractivity contribution in [2.24, 2.45) is 0 Å². The molecule has 0 aliphatic carbocycles. The minimum atomic E-state index is -0.913. The van der Waals surface area contributed by atoms with Gasteiger partial charge in [0.2, 0.25) is 0 Å². The molecule has 0 spiro atoms. The molecule has 5 nitrogen and oxygen atoms in total. The van der Waals surface area contributed by atoms with E-state index < -0.39 is 5.60 Å². The number of amides is 1. The highest BCUT2D eigenvalue weighted by atomic mass is 16.3. The number of rotatable bonds is 4. The lowest BCUT2D eigenvalue weighted by molar-refractivity contribution is 0.0368. The number of carbonyl (C=O) groups excluding carboxylic acids is 1. The van der Waals surface area contributed by atoms with Gasteiger partial charge in [-0.3, -0.25) is 4.79 Å². The molecule has 0 saturated heterocycles. The van der Waals surface area contributed by atoms with Crippen LogP contribution in [0.3, 0.4) is 0 Å². The smallest absolute Gasteiger partial charge is 0.253 e. The fourth-order valence-corrected chi connectivity index (χ4v) is 2.01. The van der Waals surface area contributed by atoms with Gasteiger partial charge in [0.25, 0.3) is 5.91 Å². The predicted octanol–water partition coefficient (Wildman–Crippen LogP) is 2.18. The molecule has 0 aliphatic heterocycles. The first kappa shape index (κ1) is 14.3. The Hall–Kier alpha value is -2.14. The molecule has 5 heteroatoms. The second-order valence-corrected chi connectivity index (χ2v) is 5.42. The standard InChI is InChI=1S/C15H18N2O3/c1-15(2,19)9-17(3)14(18)12-6-4-11(5-7-12)13-8-16-10-20-13/h4-8,10,19H,9H2,1-3H3. The Bertz CT molecular complexity index is 568. The topological polar surface area (TPSA) is 66.6 Å². The molecule has 106 valence electrons. The molecule has 1 aromatic heterocycles. The molecule has 0 fully saturated rings. The number of hydrogen-bond donors (Lipinski definition) is 1. The van der Waals surface area contributed by atoms with Crippen LogP contribution in [0, 0.1) is 0 Å². The number of nitrogens with zero attached hydrogens (tertiary/aromatic N) is 2. The quantitative estimate of drug-likeness (QED) is 0.928. The summed E-state index contributed by atoms with van der Waals surface area (Å²) in [7, 11) is 1.67. The third kappa shape index (κ3) is 3.45. The molecular weight excluding hydrogens is 256 g/mol. The van der Waals surface area contributed by atoms with E-state index in [1.807, 2.05) is 12.1 Å². The summed E-state index contributed by atoms with van der Waals surface area (Å²) in [5, 5.41) is 9.74. The Morgan fingerprint density at radius 3 is 2.50 bits per heavy atom. The van der Waals surface area contributed by atoms with E-state index in [0.717, 1.165) is 5.56 Å². The van der Waals surface area contributed by atoms with Crippen LogP contribution in [0.5, 0.6) is 0 Å². The van der Waals surface area contributed by atoms with Crippen molar-refractivity contribution in [3.05, 3.63) is 42.4 Å². The molecule has 1 amide bonds. The monoisotopic (exact) mass is 274 g/mol. The van der Waals surface area contributed by atoms with Crippen LogP contribution < -0.4 is 0 Å². The average molecular weight is 274 g/mol. The Labute approximate surface area is 117 Å². The van der Waals surface area contributed by atoms with E-state index in [1.165, 1.54) is 11.3 Å². The Morgan fingerprint density at radius 1 is 1.35 bits per heavy atom. The number of oxazole rings is 1. The normalized spacial score (nSPS) is 11.4. The van der Waals surface area contributed by atoms with E-state index in [4.69, 9.17) is 4.42 Å². The van der Waals surface area contributed by atoms with Gasteiger partial charge < -0.3 is 14.4 Å². The molecule has 2 rings (SSSR count). The van der Waals surface area contributed by atoms with Crippen LogP contribution in [-0.2, 0) is 0 Å². The van der Waals surface area contributed by atoms with Gasteiger partial charge in [-0.25, -0.2) is 4.98 Å². The van der Waals surface area contributed by atoms with E-state index in [-0.39, 0.29) is 12.5 Å². The zero-order valence-electron chi connectivity index (χ0n) is 11.8. The van der Waals surface area contributed by atoms with E-state index in [1.54, 1.807) is 39.2 Å². The summed E-state index contributed by atoms with van der Waals surface area (Å²) in [6.07, 6.45) is 2.99. The molecule has 1 aromatic carbocycles. The molecule has 1 N–H and O–H groups in total. The second kappa shape index (κ2) is 5.46. The summed E-state index contributed by atoms with van der Waals surface area (Å²) in [6.45, 7) is 3.61. The van der Waals surface area contributed by atoms with E-state index in [2.05, 4.69) is 4.98 Å². The molecule has 0 bridgehead atoms. The van der Waals surface area contributed by atoms with E-state index in [0.29, 0.717) is 11.3 Å². The zero-order chi connectivity index (χ0) is 14.8. The van der Waals surface area contributed by atoms with Crippen LogP contribution in [-0.4, -0.2) is 40.1 Å². The third-order valence-corrected chi connectivity index (χ3v) is 2.82. The van der Waals surface area contributed by atoms with Gasteiger partial charge in [0.05, 0.1) is 11.8 Å². The predicted molar refractivity (Wildman–Crippen MR) is 75.2 cm³/mol. The highest BCUT2D eigenvalue weighted by Gasteiger charge is 2.20. The van der Waals surface area contributed by atoms with Crippen LogP contribution in [0.4, 0.5) is 0 Å². The Balaban J connectivity index is 2.12. The van der Waals surface area contributed by atoms with E-state index >= 15 is 0 Å². The lowest BCUT2D eigenvalue weighted by atomic mass is 10.1. The van der Waals surface area contributed by atoms with Crippen molar-refractivity contribution in [1.82, 2.24) is 9.88 Å². The maximum atomic E-state index is 12.2. The summed E-state index contributed by atoms with van der Waals surface area (Å²) in [5.74, 6) is 0.532. The number of hydrogen-bond acceptors (Lipinski definition) is 4. The maximum Gasteiger partial charge on any atom is 0.253 e. The lowest BCUT2D eigenvalue weighted by Crippen LogP contribution is -2.39. The molecule has 1 heterocycles. The summed E-state index contributed by atoms with van der Waals surface area (Å²) in [6, 6.07) is 7.10. The fraction of sp³-hybridized carbons (Fsp3) is 0.333. The van der Waals surface area contributed by atoms with Crippen molar-refractivity contribution in [3.63, 3.8) is 0 Å². The van der Waals surface area contributed by atoms with Gasteiger partial charge in [-0.2, -0.15) is 0 Å². The molecule has 20 heavy (non-hydrogen) atoms. The zero-order valence-corrected chi connectivity index (χ0v) is 11.8. The van der Waals surface area contributed by atoms with Gasteiger partial charge in [0.1, 0.15) is 0 Å². The Kier molecular flexibility index (Phi) is 3.90. The van der Waals surface area contributed by atoms with Crippen LogP contribution in [0.1, 0.15) is 24.2 Å². The van der Waals surface area contributed by atoms with Crippen molar-refractivity contribution < 1.29 is 14.3 Å². The molecule has 0 unspecified atom stereocenters. The molecule has 0 aliphatic rings. The molecule has 0 saturated carbocycles. The fourth-order valence-electron chi connectivity index (χ4n) is 2.01. The van der Waals surface area contributed by atoms with Crippen molar-refractivity contribution >= 4 is 5.91 Å². The van der Waals surface area contributed by atoms with E-state index in [9.17, 15) is 9.90 Å². The number of aliphatic hydroxyl groups is 1. The van der Waals surface area contributed by atoms with Gasteiger partial charge in [0, 0.05) is 24.7 Å². The minimum Gasteiger partial charge on any atom is -0.444 e. The first-order chi connectivity index (χ1) is 9.37. The van der Waals surface area contributed by atoms with Gasteiger partial charge in [-0.1, -0.05) is 12.1 Å². The maximum absolute atomic E-state index is 12.2. The third-order valence-electron chi connectivity index (χ3n) is 2.82. The summed E-state index contributed by atoms with van der Waals surface area (Å²) >= 11 is 0. The number of benzene rings is 1. The minimum absolute atomic E-state index is 0.128. The van der Waals surface area contributed by atoms with Crippen molar-refractivity contribution in [1.29, 1.82) is 0 Å². The van der Waals surface area contributed by atoms with Gasteiger partial charge in [-0.05, 0) is 26.0 Å². The number of likely N-dealkylation sites (N-methyl/N-ethyl adjacent to an activating group) is 1. The SMILES string of the molecule is CN(CC(C)(C)O)C(=O)c1ccc(-c2cnco2)cc1. The molecular formula is C15H18N2O3. The molecule has 2 aromatic rings. The van der Waals surface area contributed by atoms with Crippen LogP contribution in [0.2, 0.25) is 0 Å². The highest BCUT2D eigenvalue weighted by Crippen LogP contribution is 2.19. The molecule has 0 atom stereocenters. The lowest BCUT2D eigenvalue weighted by Gasteiger charge is -2.25. The summed E-state index contributed by atoms with van der Waals surface area (Å²) in [5.41, 5.74) is 0.522. The van der Waals surface area contributed by atoms with Crippen molar-refractivity contribution in [2.75, 3.05) is 13.6 Å². The first-order valence-electron chi connectivity index (χ1n) is 6.33. The average Bonchev–Trinajstić information content (AvgIpc) is 2.90. The van der Waals surface area contributed by atoms with Crippen LogP contribution in [0.15, 0.2) is 41.3 Å². The van der Waals surface area contributed by atoms with Gasteiger partial charge >= 0.3 is 0 Å². The van der Waals surface area contributed by atoms with Crippen molar-refractivity contribution in [3.8, 4) is 11.3 Å². The molecule has 0 radical (unpaired) electrons. The number of carbonyl (C=O) groups is 1. The Morgan fingerprint density at radius 2 is 2.00 bits per heavy atom. The highest BCUT2D eigenvalue weighted by molar-refractivity contribution is 5.94. The summed E-state index contributed by atoms with van der Waals surface area (Å²) < 4.78 is 5.19. The number of aromatic nitrogens is 1. The van der Waals surface area contributed by atoms with Gasteiger partial charge in [0.15, 0.2) is 12.2 Å². The van der Waals surface area contributed by atoms with Crippen LogP contribution in [0.25, 0.3) is 11.3 Å². The first-order valence-corrected chi connectivity index (χ1v) is 6.33. The summed E-state index contributed by atoms with van der Waals surface area (Å²) in [4.78, 5) is 17.6.